The summed E-state index contributed by atoms with van der Waals surface area (Å²) in [5.41, 5.74) is 0. The first-order chi connectivity index (χ1) is 11.0. The van der Waals surface area contributed by atoms with E-state index < -0.39 is 5.97 Å². The van der Waals surface area contributed by atoms with E-state index in [1.54, 1.807) is 0 Å². The molecule has 0 aromatic rings. The smallest absolute Gasteiger partial charge is 0.302 e. The standard InChI is InChI=1S/2C6H10O4.C2H4O2/c2*1-5(7)9-3-4-10-6(2)8;1-2(3)4/h2*3-4H2,1-2H3;1H3,(H,3,4). The molecule has 0 saturated heterocycles. The second-order valence-corrected chi connectivity index (χ2v) is 3.88. The fraction of sp³-hybridized carbons (Fsp3) is 0.643. The summed E-state index contributed by atoms with van der Waals surface area (Å²) in [6, 6.07) is 0. The van der Waals surface area contributed by atoms with Crippen molar-refractivity contribution < 1.29 is 48.0 Å². The van der Waals surface area contributed by atoms with Gasteiger partial charge in [0.1, 0.15) is 26.4 Å². The largest absolute Gasteiger partial charge is 0.481 e. The molecule has 0 unspecified atom stereocenters. The number of hydrogen-bond acceptors (Lipinski definition) is 9. The summed E-state index contributed by atoms with van der Waals surface area (Å²) in [5, 5.41) is 7.42. The number of esters is 4. The lowest BCUT2D eigenvalue weighted by atomic mass is 10.7. The Bertz CT molecular complexity index is 334. The van der Waals surface area contributed by atoms with Crippen molar-refractivity contribution in [1.29, 1.82) is 0 Å². The molecule has 0 heterocycles. The molecule has 1 N–H and O–H groups in total. The van der Waals surface area contributed by atoms with Gasteiger partial charge in [0.2, 0.25) is 0 Å². The molecule has 10 heteroatoms. The van der Waals surface area contributed by atoms with Crippen molar-refractivity contribution in [3.8, 4) is 0 Å². The molecular formula is C14H24O10. The van der Waals surface area contributed by atoms with Gasteiger partial charge in [-0.25, -0.2) is 0 Å². The van der Waals surface area contributed by atoms with Gasteiger partial charge in [-0.2, -0.15) is 0 Å². The average Bonchev–Trinajstić information content (AvgIpc) is 2.39. The molecule has 0 spiro atoms. The van der Waals surface area contributed by atoms with Crippen molar-refractivity contribution in [2.24, 2.45) is 0 Å². The van der Waals surface area contributed by atoms with E-state index in [1.165, 1.54) is 27.7 Å². The van der Waals surface area contributed by atoms with Crippen molar-refractivity contribution in [3.63, 3.8) is 0 Å². The molecule has 0 radical (unpaired) electrons. The molecule has 0 amide bonds. The number of carboxylic acids is 1. The average molecular weight is 352 g/mol. The van der Waals surface area contributed by atoms with E-state index in [0.29, 0.717) is 0 Å². The van der Waals surface area contributed by atoms with Crippen LogP contribution in [0, 0.1) is 0 Å². The predicted octanol–water partition coefficient (Wildman–Crippen LogP) is 0.316. The van der Waals surface area contributed by atoms with Gasteiger partial charge in [-0.1, -0.05) is 0 Å². The Balaban J connectivity index is -0.000000301. The second kappa shape index (κ2) is 18.4. The van der Waals surface area contributed by atoms with Gasteiger partial charge in [0.05, 0.1) is 0 Å². The van der Waals surface area contributed by atoms with Gasteiger partial charge in [-0.15, -0.1) is 0 Å². The van der Waals surface area contributed by atoms with Crippen molar-refractivity contribution >= 4 is 29.8 Å². The Kier molecular flexibility index (Phi) is 20.1. The van der Waals surface area contributed by atoms with Crippen LogP contribution in [0.2, 0.25) is 0 Å². The predicted molar refractivity (Wildman–Crippen MR) is 79.8 cm³/mol. The molecule has 0 aromatic heterocycles. The van der Waals surface area contributed by atoms with Gasteiger partial charge in [0, 0.05) is 34.6 Å². The van der Waals surface area contributed by atoms with Crippen molar-refractivity contribution in [3.05, 3.63) is 0 Å². The topological polar surface area (TPSA) is 142 Å². The Morgan fingerprint density at radius 3 is 0.750 bits per heavy atom. The number of carbonyl (C=O) groups is 5. The zero-order valence-electron chi connectivity index (χ0n) is 14.4. The van der Waals surface area contributed by atoms with Crippen LogP contribution in [-0.4, -0.2) is 61.4 Å². The molecule has 24 heavy (non-hydrogen) atoms. The lowest BCUT2D eigenvalue weighted by molar-refractivity contribution is -0.149. The van der Waals surface area contributed by atoms with Gasteiger partial charge in [-0.05, 0) is 0 Å². The molecule has 0 saturated carbocycles. The van der Waals surface area contributed by atoms with Crippen molar-refractivity contribution in [2.75, 3.05) is 26.4 Å². The second-order valence-electron chi connectivity index (χ2n) is 3.88. The Morgan fingerprint density at radius 2 is 0.667 bits per heavy atom. The third-order valence-corrected chi connectivity index (χ3v) is 1.39. The Labute approximate surface area is 140 Å². The van der Waals surface area contributed by atoms with Gasteiger partial charge in [-0.3, -0.25) is 24.0 Å². The summed E-state index contributed by atoms with van der Waals surface area (Å²) in [4.78, 5) is 49.5. The van der Waals surface area contributed by atoms with Crippen LogP contribution in [0.5, 0.6) is 0 Å². The fourth-order valence-electron chi connectivity index (χ4n) is 0.742. The summed E-state index contributed by atoms with van der Waals surface area (Å²) in [7, 11) is 0. The van der Waals surface area contributed by atoms with E-state index >= 15 is 0 Å². The van der Waals surface area contributed by atoms with E-state index in [4.69, 9.17) is 9.90 Å². The van der Waals surface area contributed by atoms with Crippen LogP contribution in [0.4, 0.5) is 0 Å². The van der Waals surface area contributed by atoms with Crippen LogP contribution in [0.25, 0.3) is 0 Å². The first-order valence-electron chi connectivity index (χ1n) is 6.72. The number of rotatable bonds is 6. The maximum Gasteiger partial charge on any atom is 0.302 e. The lowest BCUT2D eigenvalue weighted by Crippen LogP contribution is -2.09. The van der Waals surface area contributed by atoms with Crippen LogP contribution in [0.1, 0.15) is 34.6 Å². The van der Waals surface area contributed by atoms with E-state index in [9.17, 15) is 19.2 Å². The minimum Gasteiger partial charge on any atom is -0.481 e. The van der Waals surface area contributed by atoms with Crippen LogP contribution in [0.15, 0.2) is 0 Å². The van der Waals surface area contributed by atoms with Crippen LogP contribution in [-0.2, 0) is 42.9 Å². The van der Waals surface area contributed by atoms with E-state index in [-0.39, 0.29) is 50.3 Å². The zero-order valence-corrected chi connectivity index (χ0v) is 14.4. The molecule has 0 aromatic carbocycles. The summed E-state index contributed by atoms with van der Waals surface area (Å²) < 4.78 is 17.9. The number of hydrogen-bond donors (Lipinski definition) is 1. The van der Waals surface area contributed by atoms with Gasteiger partial charge < -0.3 is 24.1 Å². The highest BCUT2D eigenvalue weighted by atomic mass is 16.6. The molecule has 0 rings (SSSR count). The summed E-state index contributed by atoms with van der Waals surface area (Å²) in [6.45, 7) is 6.82. The SMILES string of the molecule is CC(=O)O.CC(=O)OCCOC(C)=O.CC(=O)OCCOC(C)=O. The molecule has 0 bridgehead atoms. The molecule has 140 valence electrons. The number of carboxylic acid groups (broad SMARTS) is 1. The molecular weight excluding hydrogens is 328 g/mol. The third-order valence-electron chi connectivity index (χ3n) is 1.39. The van der Waals surface area contributed by atoms with E-state index in [2.05, 4.69) is 18.9 Å². The summed E-state index contributed by atoms with van der Waals surface area (Å²) in [6.07, 6.45) is 0. The quantitative estimate of drug-likeness (QED) is 0.403. The summed E-state index contributed by atoms with van der Waals surface area (Å²) in [5.74, 6) is -2.31. The number of carbonyl (C=O) groups excluding carboxylic acids is 4. The lowest BCUT2D eigenvalue weighted by Gasteiger charge is -2.00. The van der Waals surface area contributed by atoms with Gasteiger partial charge in [0.15, 0.2) is 0 Å². The van der Waals surface area contributed by atoms with Crippen LogP contribution in [0.3, 0.4) is 0 Å². The zero-order chi connectivity index (χ0) is 19.5. The normalized spacial score (nSPS) is 8.21. The fourth-order valence-corrected chi connectivity index (χ4v) is 0.742. The van der Waals surface area contributed by atoms with E-state index in [0.717, 1.165) is 6.92 Å². The molecule has 0 aliphatic heterocycles. The van der Waals surface area contributed by atoms with Crippen molar-refractivity contribution in [2.45, 2.75) is 34.6 Å². The van der Waals surface area contributed by atoms with Crippen molar-refractivity contribution in [1.82, 2.24) is 0 Å². The maximum absolute atomic E-state index is 10.1. The molecule has 0 atom stereocenters. The minimum absolute atomic E-state index is 0.134. The highest BCUT2D eigenvalue weighted by Gasteiger charge is 1.94. The first kappa shape index (κ1) is 26.3. The van der Waals surface area contributed by atoms with E-state index in [1.807, 2.05) is 0 Å². The maximum atomic E-state index is 10.1. The molecule has 0 aliphatic carbocycles. The molecule has 0 aliphatic rings. The Morgan fingerprint density at radius 1 is 0.542 bits per heavy atom. The minimum atomic E-state index is -0.833. The van der Waals surface area contributed by atoms with Crippen LogP contribution >= 0.6 is 0 Å². The Hall–Kier alpha value is -2.65. The molecule has 0 fully saturated rings. The highest BCUT2D eigenvalue weighted by Crippen LogP contribution is 1.80. The van der Waals surface area contributed by atoms with Gasteiger partial charge >= 0.3 is 23.9 Å². The summed E-state index contributed by atoms with van der Waals surface area (Å²) >= 11 is 0. The monoisotopic (exact) mass is 352 g/mol. The molecule has 10 nitrogen and oxygen atoms in total. The van der Waals surface area contributed by atoms with Gasteiger partial charge in [0.25, 0.3) is 5.97 Å². The first-order valence-corrected chi connectivity index (χ1v) is 6.72. The van der Waals surface area contributed by atoms with Crippen LogP contribution < -0.4 is 0 Å². The number of ether oxygens (including phenoxy) is 4. The third kappa shape index (κ3) is 50.6. The number of aliphatic carboxylic acids is 1. The highest BCUT2D eigenvalue weighted by molar-refractivity contribution is 5.67.